The molecule has 18 heavy (non-hydrogen) atoms. The maximum atomic E-state index is 2.34. The van der Waals surface area contributed by atoms with Crippen LogP contribution in [0.5, 0.6) is 0 Å². The Balaban J connectivity index is 3.84. The Morgan fingerprint density at radius 3 is 1.17 bits per heavy atom. The van der Waals surface area contributed by atoms with Crippen molar-refractivity contribution >= 4 is 21.6 Å². The van der Waals surface area contributed by atoms with Crippen LogP contribution in [0.25, 0.3) is 0 Å². The average molecular weight is 291 g/mol. The van der Waals surface area contributed by atoms with Gasteiger partial charge in [-0.25, -0.2) is 0 Å². The fourth-order valence-corrected chi connectivity index (χ4v) is 5.22. The van der Waals surface area contributed by atoms with E-state index in [2.05, 4.69) is 63.1 Å². The molecule has 0 saturated carbocycles. The lowest BCUT2D eigenvalue weighted by Gasteiger charge is -2.20. The quantitative estimate of drug-likeness (QED) is 0.384. The summed E-state index contributed by atoms with van der Waals surface area (Å²) in [5, 5.41) is 1.73. The van der Waals surface area contributed by atoms with Gasteiger partial charge in [0.1, 0.15) is 0 Å². The molecule has 0 nitrogen and oxygen atoms in total. The minimum absolute atomic E-state index is 0.854. The summed E-state index contributed by atoms with van der Waals surface area (Å²) in [6.07, 6.45) is 8.21. The van der Waals surface area contributed by atoms with Crippen molar-refractivity contribution < 1.29 is 0 Å². The van der Waals surface area contributed by atoms with Crippen LogP contribution in [-0.4, -0.2) is 10.5 Å². The average Bonchev–Trinajstić information content (AvgIpc) is 2.32. The molecule has 0 aliphatic rings. The van der Waals surface area contributed by atoms with E-state index in [9.17, 15) is 0 Å². The standard InChI is InChI=1S/C16H34S2/c1-7-15(11-9-13(3)4)17-18-16(8-2)12-10-14(5)6/h13-16H,7-12H2,1-6H3. The second kappa shape index (κ2) is 11.5. The van der Waals surface area contributed by atoms with Crippen LogP contribution >= 0.6 is 21.6 Å². The van der Waals surface area contributed by atoms with Crippen molar-refractivity contribution in [3.8, 4) is 0 Å². The van der Waals surface area contributed by atoms with Gasteiger partial charge in [0.15, 0.2) is 0 Å². The highest BCUT2D eigenvalue weighted by molar-refractivity contribution is 8.77. The van der Waals surface area contributed by atoms with Crippen LogP contribution < -0.4 is 0 Å². The molecule has 2 unspecified atom stereocenters. The third-order valence-electron chi connectivity index (χ3n) is 3.37. The van der Waals surface area contributed by atoms with Crippen LogP contribution in [0.1, 0.15) is 80.1 Å². The summed E-state index contributed by atoms with van der Waals surface area (Å²) >= 11 is 0. The highest BCUT2D eigenvalue weighted by atomic mass is 33.1. The Morgan fingerprint density at radius 2 is 0.944 bits per heavy atom. The van der Waals surface area contributed by atoms with Gasteiger partial charge in [0.25, 0.3) is 0 Å². The molecular formula is C16H34S2. The molecule has 0 aliphatic carbocycles. The molecule has 0 spiro atoms. The van der Waals surface area contributed by atoms with Gasteiger partial charge in [-0.15, -0.1) is 0 Å². The Kier molecular flexibility index (Phi) is 12.0. The van der Waals surface area contributed by atoms with E-state index in [1.807, 2.05) is 0 Å². The molecule has 0 amide bonds. The van der Waals surface area contributed by atoms with Crippen molar-refractivity contribution in [2.45, 2.75) is 90.6 Å². The van der Waals surface area contributed by atoms with Crippen LogP contribution in [0.2, 0.25) is 0 Å². The van der Waals surface area contributed by atoms with E-state index in [1.54, 1.807) is 0 Å². The van der Waals surface area contributed by atoms with E-state index in [4.69, 9.17) is 0 Å². The van der Waals surface area contributed by atoms with Crippen molar-refractivity contribution in [2.75, 3.05) is 0 Å². The lowest BCUT2D eigenvalue weighted by molar-refractivity contribution is 0.540. The van der Waals surface area contributed by atoms with E-state index in [0.717, 1.165) is 22.3 Å². The number of rotatable bonds is 11. The second-order valence-electron chi connectivity index (χ2n) is 6.20. The van der Waals surface area contributed by atoms with Gasteiger partial charge in [-0.3, -0.25) is 0 Å². The van der Waals surface area contributed by atoms with E-state index in [-0.39, 0.29) is 0 Å². The molecule has 0 aromatic rings. The van der Waals surface area contributed by atoms with Gasteiger partial charge in [-0.05, 0) is 50.4 Å². The van der Waals surface area contributed by atoms with Crippen LogP contribution in [-0.2, 0) is 0 Å². The number of hydrogen-bond donors (Lipinski definition) is 0. The molecule has 0 bridgehead atoms. The summed E-state index contributed by atoms with van der Waals surface area (Å²) in [7, 11) is 4.33. The topological polar surface area (TPSA) is 0 Å². The van der Waals surface area contributed by atoms with Crippen molar-refractivity contribution in [1.29, 1.82) is 0 Å². The summed E-state index contributed by atoms with van der Waals surface area (Å²) in [6, 6.07) is 0. The van der Waals surface area contributed by atoms with E-state index in [1.165, 1.54) is 38.5 Å². The fourth-order valence-electron chi connectivity index (χ4n) is 1.84. The van der Waals surface area contributed by atoms with Crippen molar-refractivity contribution in [3.05, 3.63) is 0 Å². The first-order valence-corrected chi connectivity index (χ1v) is 10.1. The zero-order valence-corrected chi connectivity index (χ0v) is 15.0. The van der Waals surface area contributed by atoms with Gasteiger partial charge in [-0.2, -0.15) is 0 Å². The Hall–Kier alpha value is 0.700. The van der Waals surface area contributed by atoms with Crippen LogP contribution in [0.4, 0.5) is 0 Å². The molecule has 2 heteroatoms. The summed E-state index contributed by atoms with van der Waals surface area (Å²) in [4.78, 5) is 0. The Labute approximate surface area is 124 Å². The molecule has 110 valence electrons. The smallest absolute Gasteiger partial charge is 0.0149 e. The second-order valence-corrected chi connectivity index (χ2v) is 9.07. The molecule has 0 aromatic carbocycles. The van der Waals surface area contributed by atoms with Crippen molar-refractivity contribution in [2.24, 2.45) is 11.8 Å². The zero-order valence-electron chi connectivity index (χ0n) is 13.4. The zero-order chi connectivity index (χ0) is 14.0. The van der Waals surface area contributed by atoms with Crippen LogP contribution in [0.3, 0.4) is 0 Å². The first-order chi connectivity index (χ1) is 8.49. The predicted molar refractivity (Wildman–Crippen MR) is 91.5 cm³/mol. The Morgan fingerprint density at radius 1 is 0.611 bits per heavy atom. The molecule has 0 saturated heterocycles. The first-order valence-electron chi connectivity index (χ1n) is 7.81. The third kappa shape index (κ3) is 10.6. The maximum absolute atomic E-state index is 2.34. The van der Waals surface area contributed by atoms with Crippen molar-refractivity contribution in [1.82, 2.24) is 0 Å². The van der Waals surface area contributed by atoms with E-state index in [0.29, 0.717) is 0 Å². The molecular weight excluding hydrogens is 256 g/mol. The SMILES string of the molecule is CCC(CCC(C)C)SSC(CC)CCC(C)C. The normalized spacial score (nSPS) is 15.3. The summed E-state index contributed by atoms with van der Waals surface area (Å²) < 4.78 is 0. The third-order valence-corrected chi connectivity index (χ3v) is 7.13. The minimum Gasteiger partial charge on any atom is -0.0905 e. The molecule has 0 rings (SSSR count). The van der Waals surface area contributed by atoms with Gasteiger partial charge in [0.05, 0.1) is 0 Å². The number of hydrogen-bond acceptors (Lipinski definition) is 2. The summed E-state index contributed by atoms with van der Waals surface area (Å²) in [6.45, 7) is 14.0. The van der Waals surface area contributed by atoms with Gasteiger partial charge in [0.2, 0.25) is 0 Å². The molecule has 0 aliphatic heterocycles. The summed E-state index contributed by atoms with van der Waals surface area (Å²) in [5.41, 5.74) is 0. The monoisotopic (exact) mass is 290 g/mol. The summed E-state index contributed by atoms with van der Waals surface area (Å²) in [5.74, 6) is 1.71. The molecule has 2 atom stereocenters. The van der Waals surface area contributed by atoms with Crippen molar-refractivity contribution in [3.63, 3.8) is 0 Å². The minimum atomic E-state index is 0.854. The van der Waals surface area contributed by atoms with Crippen LogP contribution in [0, 0.1) is 11.8 Å². The lowest BCUT2D eigenvalue weighted by atomic mass is 10.1. The predicted octanol–water partition coefficient (Wildman–Crippen LogP) is 6.80. The molecule has 0 fully saturated rings. The molecule has 0 aromatic heterocycles. The fraction of sp³-hybridized carbons (Fsp3) is 1.00. The molecule has 0 N–H and O–H groups in total. The largest absolute Gasteiger partial charge is 0.0905 e. The van der Waals surface area contributed by atoms with Gasteiger partial charge >= 0.3 is 0 Å². The molecule has 0 heterocycles. The first kappa shape index (κ1) is 18.7. The van der Waals surface area contributed by atoms with E-state index >= 15 is 0 Å². The van der Waals surface area contributed by atoms with Crippen LogP contribution in [0.15, 0.2) is 0 Å². The molecule has 0 radical (unpaired) electrons. The highest BCUT2D eigenvalue weighted by Crippen LogP contribution is 2.38. The maximum Gasteiger partial charge on any atom is 0.0149 e. The van der Waals surface area contributed by atoms with Gasteiger partial charge in [-0.1, -0.05) is 63.1 Å². The van der Waals surface area contributed by atoms with Gasteiger partial charge in [0, 0.05) is 10.5 Å². The van der Waals surface area contributed by atoms with Gasteiger partial charge < -0.3 is 0 Å². The van der Waals surface area contributed by atoms with E-state index < -0.39 is 0 Å². The Bertz CT molecular complexity index is 158. The lowest BCUT2D eigenvalue weighted by Crippen LogP contribution is -2.05. The highest BCUT2D eigenvalue weighted by Gasteiger charge is 2.13.